The topological polar surface area (TPSA) is 139 Å². The third-order valence-electron chi connectivity index (χ3n) is 3.24. The van der Waals surface area contributed by atoms with Crippen LogP contribution in [0, 0.1) is 6.92 Å². The summed E-state index contributed by atoms with van der Waals surface area (Å²) in [5, 5.41) is 11.6. The molecule has 28 heavy (non-hydrogen) atoms. The first-order valence-corrected chi connectivity index (χ1v) is 9.33. The molecule has 2 rings (SSSR count). The molecular formula is C17H22ClN5O4S. The summed E-state index contributed by atoms with van der Waals surface area (Å²) < 4.78 is 4.85. The minimum Gasteiger partial charge on any atom is -0.360 e. The molecule has 5 N–H and O–H groups in total. The maximum absolute atomic E-state index is 12.1. The van der Waals surface area contributed by atoms with Gasteiger partial charge in [-0.25, -0.2) is 0 Å². The first-order chi connectivity index (χ1) is 13.0. The summed E-state index contributed by atoms with van der Waals surface area (Å²) in [4.78, 5) is 36.0. The van der Waals surface area contributed by atoms with E-state index in [2.05, 4.69) is 21.1 Å². The van der Waals surface area contributed by atoms with E-state index in [0.717, 1.165) is 11.8 Å². The summed E-state index contributed by atoms with van der Waals surface area (Å²) >= 11 is 1.14. The van der Waals surface area contributed by atoms with Gasteiger partial charge in [0.2, 0.25) is 11.8 Å². The molecular weight excluding hydrogens is 406 g/mol. The van der Waals surface area contributed by atoms with Crippen molar-refractivity contribution in [1.82, 2.24) is 10.5 Å². The molecule has 3 amide bonds. The van der Waals surface area contributed by atoms with Crippen molar-refractivity contribution >= 4 is 53.4 Å². The van der Waals surface area contributed by atoms with Crippen LogP contribution in [0.2, 0.25) is 0 Å². The Labute approximate surface area is 172 Å². The lowest BCUT2D eigenvalue weighted by molar-refractivity contribution is -0.114. The minimum atomic E-state index is -0.316. The highest BCUT2D eigenvalue weighted by molar-refractivity contribution is 8.00. The molecule has 0 radical (unpaired) electrons. The Balaban J connectivity index is 0.00000392. The highest BCUT2D eigenvalue weighted by atomic mass is 35.5. The van der Waals surface area contributed by atoms with E-state index < -0.39 is 0 Å². The Morgan fingerprint density at radius 1 is 1.14 bits per heavy atom. The second kappa shape index (κ2) is 12.0. The van der Waals surface area contributed by atoms with E-state index in [0.29, 0.717) is 35.9 Å². The molecule has 152 valence electrons. The highest BCUT2D eigenvalue weighted by Crippen LogP contribution is 2.15. The lowest BCUT2D eigenvalue weighted by Gasteiger charge is -2.11. The molecule has 9 nitrogen and oxygen atoms in total. The number of halogens is 1. The molecule has 0 aliphatic rings. The van der Waals surface area contributed by atoms with E-state index in [1.165, 1.54) is 0 Å². The zero-order valence-corrected chi connectivity index (χ0v) is 16.8. The zero-order valence-electron chi connectivity index (χ0n) is 15.2. The van der Waals surface area contributed by atoms with Crippen molar-refractivity contribution in [3.63, 3.8) is 0 Å². The fourth-order valence-electron chi connectivity index (χ4n) is 2.10. The van der Waals surface area contributed by atoms with Gasteiger partial charge in [-0.1, -0.05) is 17.3 Å². The molecule has 0 atom stereocenters. The molecule has 0 bridgehead atoms. The molecule has 0 saturated heterocycles. The van der Waals surface area contributed by atoms with Gasteiger partial charge in [-0.2, -0.15) is 0 Å². The van der Waals surface area contributed by atoms with Crippen LogP contribution in [0.25, 0.3) is 0 Å². The van der Waals surface area contributed by atoms with Crippen LogP contribution in [0.15, 0.2) is 34.9 Å². The lowest BCUT2D eigenvalue weighted by atomic mass is 10.1. The standard InChI is InChI=1S/C17H21N5O4S.ClH/c1-11-8-14(22-26-11)21-16(24)10-27-9-15(23)20-13-5-3-2-4-12(13)17(25)19-7-6-18;/h2-5,8H,6-7,9-10,18H2,1H3,(H,19,25)(H,20,23)(H,21,22,24);1H. The Morgan fingerprint density at radius 2 is 1.82 bits per heavy atom. The minimum absolute atomic E-state index is 0. The van der Waals surface area contributed by atoms with Crippen LogP contribution < -0.4 is 21.7 Å². The molecule has 0 aliphatic carbocycles. The van der Waals surface area contributed by atoms with Crippen LogP contribution in [-0.2, 0) is 9.59 Å². The molecule has 11 heteroatoms. The van der Waals surface area contributed by atoms with Crippen molar-refractivity contribution in [3.05, 3.63) is 41.7 Å². The number of aryl methyl sites for hydroxylation is 1. The van der Waals surface area contributed by atoms with Crippen molar-refractivity contribution in [1.29, 1.82) is 0 Å². The second-order valence-corrected chi connectivity index (χ2v) is 6.49. The highest BCUT2D eigenvalue weighted by Gasteiger charge is 2.13. The molecule has 2 aromatic rings. The van der Waals surface area contributed by atoms with Crippen molar-refractivity contribution < 1.29 is 18.9 Å². The van der Waals surface area contributed by atoms with Gasteiger partial charge in [0.05, 0.1) is 22.8 Å². The fraction of sp³-hybridized carbons (Fsp3) is 0.294. The van der Waals surface area contributed by atoms with Gasteiger partial charge in [-0.3, -0.25) is 14.4 Å². The average Bonchev–Trinajstić information content (AvgIpc) is 3.04. The van der Waals surface area contributed by atoms with Gasteiger partial charge in [0, 0.05) is 19.2 Å². The molecule has 1 heterocycles. The predicted molar refractivity (Wildman–Crippen MR) is 111 cm³/mol. The summed E-state index contributed by atoms with van der Waals surface area (Å²) in [6.07, 6.45) is 0. The van der Waals surface area contributed by atoms with Crippen molar-refractivity contribution in [2.45, 2.75) is 6.92 Å². The molecule has 1 aromatic carbocycles. The maximum atomic E-state index is 12.1. The van der Waals surface area contributed by atoms with Crippen molar-refractivity contribution in [2.24, 2.45) is 5.73 Å². The van der Waals surface area contributed by atoms with Gasteiger partial charge in [-0.05, 0) is 19.1 Å². The van der Waals surface area contributed by atoms with Crippen LogP contribution in [0.4, 0.5) is 11.5 Å². The Hall–Kier alpha value is -2.56. The summed E-state index contributed by atoms with van der Waals surface area (Å²) in [6.45, 7) is 2.39. The number of benzene rings is 1. The van der Waals surface area contributed by atoms with Crippen LogP contribution in [0.3, 0.4) is 0 Å². The van der Waals surface area contributed by atoms with Gasteiger partial charge >= 0.3 is 0 Å². The Kier molecular flexibility index (Phi) is 10.1. The van der Waals surface area contributed by atoms with Crippen LogP contribution in [0.5, 0.6) is 0 Å². The summed E-state index contributed by atoms with van der Waals surface area (Å²) in [5.41, 5.74) is 6.13. The number of nitrogens with zero attached hydrogens (tertiary/aromatic N) is 1. The van der Waals surface area contributed by atoms with Gasteiger partial charge in [0.15, 0.2) is 5.82 Å². The van der Waals surface area contributed by atoms with E-state index in [4.69, 9.17) is 10.3 Å². The number of nitrogens with two attached hydrogens (primary N) is 1. The monoisotopic (exact) mass is 427 g/mol. The number of carbonyl (C=O) groups excluding carboxylic acids is 3. The lowest BCUT2D eigenvalue weighted by Crippen LogP contribution is -2.30. The van der Waals surface area contributed by atoms with E-state index in [-0.39, 0.29) is 41.6 Å². The number of rotatable bonds is 9. The predicted octanol–water partition coefficient (Wildman–Crippen LogP) is 1.40. The molecule has 1 aromatic heterocycles. The van der Waals surface area contributed by atoms with Crippen LogP contribution in [0.1, 0.15) is 16.1 Å². The number of para-hydroxylation sites is 1. The quantitative estimate of drug-likeness (QED) is 0.474. The SMILES string of the molecule is Cc1cc(NC(=O)CSCC(=O)Nc2ccccc2C(=O)NCCN)no1.Cl. The van der Waals surface area contributed by atoms with Gasteiger partial charge in [0.1, 0.15) is 5.76 Å². The summed E-state index contributed by atoms with van der Waals surface area (Å²) in [5.74, 6) is 0.145. The summed E-state index contributed by atoms with van der Waals surface area (Å²) in [7, 11) is 0. The van der Waals surface area contributed by atoms with E-state index in [1.54, 1.807) is 37.3 Å². The van der Waals surface area contributed by atoms with E-state index in [1.807, 2.05) is 0 Å². The number of amides is 3. The number of hydrogen-bond acceptors (Lipinski definition) is 7. The van der Waals surface area contributed by atoms with Crippen LogP contribution in [-0.4, -0.2) is 47.5 Å². The van der Waals surface area contributed by atoms with Gasteiger partial charge in [0.25, 0.3) is 5.91 Å². The first kappa shape index (κ1) is 23.5. The first-order valence-electron chi connectivity index (χ1n) is 8.17. The maximum Gasteiger partial charge on any atom is 0.253 e. The average molecular weight is 428 g/mol. The van der Waals surface area contributed by atoms with Crippen molar-refractivity contribution in [3.8, 4) is 0 Å². The summed E-state index contributed by atoms with van der Waals surface area (Å²) in [6, 6.07) is 8.27. The fourth-order valence-corrected chi connectivity index (χ4v) is 2.72. The largest absolute Gasteiger partial charge is 0.360 e. The Morgan fingerprint density at radius 3 is 2.46 bits per heavy atom. The number of carbonyl (C=O) groups is 3. The molecule has 0 saturated carbocycles. The number of anilines is 2. The smallest absolute Gasteiger partial charge is 0.253 e. The molecule has 0 spiro atoms. The normalized spacial score (nSPS) is 9.93. The van der Waals surface area contributed by atoms with E-state index in [9.17, 15) is 14.4 Å². The second-order valence-electron chi connectivity index (χ2n) is 5.50. The third-order valence-corrected chi connectivity index (χ3v) is 4.17. The van der Waals surface area contributed by atoms with E-state index >= 15 is 0 Å². The molecule has 0 aliphatic heterocycles. The number of thioether (sulfide) groups is 1. The van der Waals surface area contributed by atoms with Crippen LogP contribution >= 0.6 is 24.2 Å². The molecule has 0 fully saturated rings. The third kappa shape index (κ3) is 7.59. The molecule has 0 unspecified atom stereocenters. The zero-order chi connectivity index (χ0) is 19.6. The van der Waals surface area contributed by atoms with Gasteiger partial charge in [-0.15, -0.1) is 24.2 Å². The van der Waals surface area contributed by atoms with Gasteiger partial charge < -0.3 is 26.2 Å². The number of aromatic nitrogens is 1. The number of hydrogen-bond donors (Lipinski definition) is 4. The number of nitrogens with one attached hydrogen (secondary N) is 3. The Bertz CT molecular complexity index is 814. The van der Waals surface area contributed by atoms with Crippen molar-refractivity contribution in [2.75, 3.05) is 35.2 Å².